The molecule has 2 heterocycles. The quantitative estimate of drug-likeness (QED) is 0.544. The number of aryl methyl sites for hydroxylation is 1. The van der Waals surface area contributed by atoms with Crippen molar-refractivity contribution in [3.8, 4) is 0 Å². The van der Waals surface area contributed by atoms with Crippen LogP contribution < -0.4 is 5.56 Å². The molecule has 0 bridgehead atoms. The molecule has 29 heavy (non-hydrogen) atoms. The van der Waals surface area contributed by atoms with E-state index >= 15 is 0 Å². The number of amides is 1. The Morgan fingerprint density at radius 2 is 2.07 bits per heavy atom. The number of carbonyl (C=O) groups is 1. The second kappa shape index (κ2) is 9.81. The van der Waals surface area contributed by atoms with E-state index in [4.69, 9.17) is 16.3 Å². The van der Waals surface area contributed by atoms with Gasteiger partial charge in [-0.2, -0.15) is 0 Å². The van der Waals surface area contributed by atoms with Crippen molar-refractivity contribution >= 4 is 33.6 Å². The van der Waals surface area contributed by atoms with Crippen LogP contribution in [0.2, 0.25) is 5.02 Å². The van der Waals surface area contributed by atoms with Gasteiger partial charge in [-0.3, -0.25) is 4.79 Å². The monoisotopic (exact) mass is 480 g/mol. The second-order valence-electron chi connectivity index (χ2n) is 7.49. The van der Waals surface area contributed by atoms with Gasteiger partial charge in [-0.05, 0) is 48.1 Å². The molecule has 3 rings (SSSR count). The van der Waals surface area contributed by atoms with Crippen LogP contribution in [0, 0.1) is 0 Å². The van der Waals surface area contributed by atoms with Crippen molar-refractivity contribution in [1.82, 2.24) is 9.47 Å². The highest BCUT2D eigenvalue weighted by Gasteiger charge is 2.35. The van der Waals surface area contributed by atoms with Gasteiger partial charge in [-0.25, -0.2) is 4.79 Å². The predicted octanol–water partition coefficient (Wildman–Crippen LogP) is 5.31. The van der Waals surface area contributed by atoms with Crippen LogP contribution in [0.25, 0.3) is 0 Å². The van der Waals surface area contributed by atoms with Crippen LogP contribution in [0.15, 0.2) is 45.8 Å². The molecular formula is C22H26BrClN2O3. The van der Waals surface area contributed by atoms with E-state index in [1.54, 1.807) is 28.8 Å². The molecule has 0 aliphatic carbocycles. The molecule has 1 aliphatic heterocycles. The number of nitrogens with zero attached hydrogens (tertiary/aromatic N) is 2. The van der Waals surface area contributed by atoms with Gasteiger partial charge in [0.2, 0.25) is 0 Å². The molecule has 156 valence electrons. The number of likely N-dealkylation sites (tertiary alicyclic amines) is 1. The van der Waals surface area contributed by atoms with Crippen LogP contribution in [0.3, 0.4) is 0 Å². The Labute approximate surface area is 184 Å². The molecule has 0 N–H and O–H groups in total. The molecule has 2 aromatic rings. The SMILES string of the molecule is CCCCOC(=O)N1CC[C@H](c2ccn(C)c(=O)c2)[C@@H](c2ccc(Br)cc2Cl)C1. The number of aromatic nitrogens is 1. The fourth-order valence-electron chi connectivity index (χ4n) is 3.82. The Balaban J connectivity index is 1.91. The first-order valence-electron chi connectivity index (χ1n) is 9.94. The van der Waals surface area contributed by atoms with Crippen LogP contribution in [0.5, 0.6) is 0 Å². The zero-order valence-electron chi connectivity index (χ0n) is 16.7. The van der Waals surface area contributed by atoms with Crippen LogP contribution in [-0.2, 0) is 11.8 Å². The fraction of sp³-hybridized carbons (Fsp3) is 0.455. The summed E-state index contributed by atoms with van der Waals surface area (Å²) in [6.45, 7) is 3.60. The Bertz CT molecular complexity index is 931. The summed E-state index contributed by atoms with van der Waals surface area (Å²) in [7, 11) is 1.74. The minimum Gasteiger partial charge on any atom is -0.449 e. The molecule has 0 unspecified atom stereocenters. The Kier molecular flexibility index (Phi) is 7.41. The molecule has 5 nitrogen and oxygen atoms in total. The van der Waals surface area contributed by atoms with Crippen molar-refractivity contribution in [3.63, 3.8) is 0 Å². The maximum Gasteiger partial charge on any atom is 0.409 e. The van der Waals surface area contributed by atoms with Crippen molar-refractivity contribution in [2.24, 2.45) is 7.05 Å². The number of hydrogen-bond donors (Lipinski definition) is 0. The molecule has 0 radical (unpaired) electrons. The lowest BCUT2D eigenvalue weighted by molar-refractivity contribution is 0.0870. The van der Waals surface area contributed by atoms with Gasteiger partial charge in [0.15, 0.2) is 0 Å². The minimum absolute atomic E-state index is 0.0184. The molecule has 2 atom stereocenters. The standard InChI is InChI=1S/C22H26BrClN2O3/c1-3-4-11-29-22(28)26-10-8-17(15-7-9-25(2)21(27)12-15)19(14-26)18-6-5-16(23)13-20(18)24/h5-7,9,12-13,17,19H,3-4,8,10-11,14H2,1-2H3/t17-,19+/m1/s1. The molecule has 1 aliphatic rings. The number of carbonyl (C=O) groups excluding carboxylic acids is 1. The first-order chi connectivity index (χ1) is 13.9. The summed E-state index contributed by atoms with van der Waals surface area (Å²) in [6, 6.07) is 9.51. The van der Waals surface area contributed by atoms with Crippen molar-refractivity contribution in [3.05, 3.63) is 67.5 Å². The summed E-state index contributed by atoms with van der Waals surface area (Å²) in [5, 5.41) is 0.652. The summed E-state index contributed by atoms with van der Waals surface area (Å²) >= 11 is 10.0. The highest BCUT2D eigenvalue weighted by Crippen LogP contribution is 2.42. The van der Waals surface area contributed by atoms with E-state index in [0.29, 0.717) is 24.7 Å². The Morgan fingerprint density at radius 1 is 1.28 bits per heavy atom. The molecule has 0 spiro atoms. The lowest BCUT2D eigenvalue weighted by atomic mass is 9.77. The summed E-state index contributed by atoms with van der Waals surface area (Å²) in [5.74, 6) is 0.0810. The number of piperidine rings is 1. The van der Waals surface area contributed by atoms with Crippen LogP contribution >= 0.6 is 27.5 Å². The van der Waals surface area contributed by atoms with E-state index in [0.717, 1.165) is 34.9 Å². The number of ether oxygens (including phenoxy) is 1. The molecule has 7 heteroatoms. The van der Waals surface area contributed by atoms with Crippen LogP contribution in [0.1, 0.15) is 49.1 Å². The molecule has 1 saturated heterocycles. The molecular weight excluding hydrogens is 456 g/mol. The zero-order valence-corrected chi connectivity index (χ0v) is 19.1. The number of benzene rings is 1. The Hall–Kier alpha value is -1.79. The summed E-state index contributed by atoms with van der Waals surface area (Å²) < 4.78 is 7.89. The minimum atomic E-state index is -0.279. The largest absolute Gasteiger partial charge is 0.449 e. The van der Waals surface area contributed by atoms with E-state index in [2.05, 4.69) is 22.9 Å². The third kappa shape index (κ3) is 5.23. The summed E-state index contributed by atoms with van der Waals surface area (Å²) in [5.41, 5.74) is 1.92. The van der Waals surface area contributed by atoms with E-state index < -0.39 is 0 Å². The van der Waals surface area contributed by atoms with E-state index in [1.807, 2.05) is 24.3 Å². The summed E-state index contributed by atoms with van der Waals surface area (Å²) in [4.78, 5) is 26.5. The van der Waals surface area contributed by atoms with Crippen LogP contribution in [0.4, 0.5) is 4.79 Å². The van der Waals surface area contributed by atoms with E-state index in [1.165, 1.54) is 0 Å². The highest BCUT2D eigenvalue weighted by atomic mass is 79.9. The Morgan fingerprint density at radius 3 is 2.76 bits per heavy atom. The van der Waals surface area contributed by atoms with Crippen molar-refractivity contribution in [1.29, 1.82) is 0 Å². The number of hydrogen-bond acceptors (Lipinski definition) is 3. The van der Waals surface area contributed by atoms with Crippen molar-refractivity contribution in [2.45, 2.75) is 38.0 Å². The topological polar surface area (TPSA) is 51.5 Å². The van der Waals surface area contributed by atoms with Gasteiger partial charge in [0.1, 0.15) is 0 Å². The first kappa shape index (κ1) is 21.9. The predicted molar refractivity (Wildman–Crippen MR) is 119 cm³/mol. The molecule has 1 aromatic carbocycles. The maximum atomic E-state index is 12.5. The second-order valence-corrected chi connectivity index (χ2v) is 8.81. The average Bonchev–Trinajstić information content (AvgIpc) is 2.70. The molecule has 0 saturated carbocycles. The zero-order chi connectivity index (χ0) is 21.0. The van der Waals surface area contributed by atoms with Gasteiger partial charge in [0.05, 0.1) is 6.61 Å². The van der Waals surface area contributed by atoms with Gasteiger partial charge in [0.25, 0.3) is 5.56 Å². The third-order valence-electron chi connectivity index (χ3n) is 5.51. The normalized spacial score (nSPS) is 19.2. The molecule has 1 aromatic heterocycles. The third-order valence-corrected chi connectivity index (χ3v) is 6.33. The van der Waals surface area contributed by atoms with Gasteiger partial charge < -0.3 is 14.2 Å². The first-order valence-corrected chi connectivity index (χ1v) is 11.1. The number of unbranched alkanes of at least 4 members (excludes halogenated alkanes) is 1. The van der Waals surface area contributed by atoms with Crippen molar-refractivity contribution in [2.75, 3.05) is 19.7 Å². The van der Waals surface area contributed by atoms with Gasteiger partial charge in [-0.1, -0.05) is 46.9 Å². The van der Waals surface area contributed by atoms with Gasteiger partial charge >= 0.3 is 6.09 Å². The molecule has 1 fully saturated rings. The van der Waals surface area contributed by atoms with Gasteiger partial charge in [-0.15, -0.1) is 0 Å². The van der Waals surface area contributed by atoms with E-state index in [-0.39, 0.29) is 23.5 Å². The lowest BCUT2D eigenvalue weighted by Crippen LogP contribution is -2.42. The number of halogens is 2. The van der Waals surface area contributed by atoms with E-state index in [9.17, 15) is 9.59 Å². The fourth-order valence-corrected chi connectivity index (χ4v) is 4.64. The highest BCUT2D eigenvalue weighted by molar-refractivity contribution is 9.10. The number of rotatable bonds is 5. The van der Waals surface area contributed by atoms with Crippen LogP contribution in [-0.4, -0.2) is 35.3 Å². The average molecular weight is 482 g/mol. The lowest BCUT2D eigenvalue weighted by Gasteiger charge is -2.39. The summed E-state index contributed by atoms with van der Waals surface area (Å²) in [6.07, 6.45) is 4.10. The number of pyridine rings is 1. The maximum absolute atomic E-state index is 12.5. The smallest absolute Gasteiger partial charge is 0.409 e. The van der Waals surface area contributed by atoms with Crippen molar-refractivity contribution < 1.29 is 9.53 Å². The van der Waals surface area contributed by atoms with Gasteiger partial charge in [0, 0.05) is 47.8 Å². The molecule has 1 amide bonds.